The van der Waals surface area contributed by atoms with Gasteiger partial charge in [0.15, 0.2) is 0 Å². The monoisotopic (exact) mass is 390 g/mol. The number of nitrogens with two attached hydrogens (primary N) is 2. The van der Waals surface area contributed by atoms with Crippen LogP contribution in [0.25, 0.3) is 11.3 Å². The Morgan fingerprint density at radius 2 is 1.86 bits per heavy atom. The summed E-state index contributed by atoms with van der Waals surface area (Å²) >= 11 is 0. The molecule has 0 radical (unpaired) electrons. The normalized spacial score (nSPS) is 10.2. The molecule has 0 spiro atoms. The number of aromatic nitrogens is 3. The molecule has 0 aliphatic heterocycles. The maximum absolute atomic E-state index is 14.6. The van der Waals surface area contributed by atoms with Gasteiger partial charge >= 0.3 is 0 Å². The highest BCUT2D eigenvalue weighted by Gasteiger charge is 2.17. The minimum atomic E-state index is -0.655. The molecule has 0 aliphatic rings. The first-order valence-corrected chi connectivity index (χ1v) is 8.65. The summed E-state index contributed by atoms with van der Waals surface area (Å²) in [6.07, 6.45) is 1.55. The second-order valence-corrected chi connectivity index (χ2v) is 6.51. The number of hydrogen-bond acceptors (Lipinski definition) is 6. The van der Waals surface area contributed by atoms with Gasteiger partial charge in [0.2, 0.25) is 5.95 Å². The van der Waals surface area contributed by atoms with Crippen molar-refractivity contribution in [2.24, 2.45) is 0 Å². The number of amides is 1. The number of aryl methyl sites for hydroxylation is 1. The van der Waals surface area contributed by atoms with Crippen molar-refractivity contribution in [3.05, 3.63) is 64.7 Å². The zero-order valence-electron chi connectivity index (χ0n) is 16.2. The predicted molar refractivity (Wildman–Crippen MR) is 109 cm³/mol. The van der Waals surface area contributed by atoms with Crippen LogP contribution in [0.5, 0.6) is 0 Å². The van der Waals surface area contributed by atoms with Gasteiger partial charge in [-0.2, -0.15) is 0 Å². The molecular weight excluding hydrogens is 371 g/mol. The molecule has 1 aromatic carbocycles. The molecule has 0 aliphatic carbocycles. The lowest BCUT2D eigenvalue weighted by Gasteiger charge is -2.12. The summed E-state index contributed by atoms with van der Waals surface area (Å²) in [5, 5.41) is 0. The third kappa shape index (κ3) is 4.30. The lowest BCUT2D eigenvalue weighted by molar-refractivity contribution is 0.0823. The smallest absolute Gasteiger partial charge is 0.256 e. The number of hydrogen-bond donors (Lipinski definition) is 2. The van der Waals surface area contributed by atoms with Gasteiger partial charge in [0.1, 0.15) is 11.6 Å². The minimum Gasteiger partial charge on any atom is -0.384 e. The van der Waals surface area contributed by atoms with Crippen molar-refractivity contribution in [1.82, 2.24) is 19.9 Å². The number of rotatable bonds is 2. The topological polar surface area (TPSA) is 111 Å². The first kappa shape index (κ1) is 19.8. The molecule has 0 unspecified atom stereocenters. The van der Waals surface area contributed by atoms with E-state index in [1.807, 2.05) is 0 Å². The van der Waals surface area contributed by atoms with Crippen LogP contribution >= 0.6 is 0 Å². The quantitative estimate of drug-likeness (QED) is 0.649. The van der Waals surface area contributed by atoms with Crippen molar-refractivity contribution in [3.63, 3.8) is 0 Å². The number of carbonyl (C=O) groups excluding carboxylic acids is 1. The van der Waals surface area contributed by atoms with E-state index in [2.05, 4.69) is 26.8 Å². The van der Waals surface area contributed by atoms with Crippen molar-refractivity contribution < 1.29 is 9.18 Å². The van der Waals surface area contributed by atoms with Crippen LogP contribution in [-0.4, -0.2) is 39.9 Å². The third-order valence-corrected chi connectivity index (χ3v) is 4.10. The van der Waals surface area contributed by atoms with Crippen LogP contribution in [0.4, 0.5) is 16.2 Å². The highest BCUT2D eigenvalue weighted by Crippen LogP contribution is 2.26. The molecule has 146 valence electrons. The number of nitrogen functional groups attached to an aromatic ring is 2. The van der Waals surface area contributed by atoms with E-state index in [1.54, 1.807) is 45.4 Å². The summed E-state index contributed by atoms with van der Waals surface area (Å²) in [6.45, 7) is 1.74. The van der Waals surface area contributed by atoms with Crippen LogP contribution in [-0.2, 0) is 0 Å². The Bertz CT molecular complexity index is 1150. The van der Waals surface area contributed by atoms with E-state index in [9.17, 15) is 9.18 Å². The molecule has 0 atom stereocenters. The summed E-state index contributed by atoms with van der Waals surface area (Å²) in [6, 6.07) is 7.66. The minimum absolute atomic E-state index is 0.0296. The fraction of sp³-hybridized carbons (Fsp3) is 0.143. The van der Waals surface area contributed by atoms with E-state index in [0.717, 1.165) is 0 Å². The first-order chi connectivity index (χ1) is 13.8. The molecule has 29 heavy (non-hydrogen) atoms. The highest BCUT2D eigenvalue weighted by molar-refractivity contribution is 5.94. The van der Waals surface area contributed by atoms with Crippen molar-refractivity contribution in [1.29, 1.82) is 0 Å². The van der Waals surface area contributed by atoms with E-state index in [1.165, 1.54) is 17.0 Å². The molecule has 1 amide bonds. The molecular formula is C21H19FN6O. The van der Waals surface area contributed by atoms with Gasteiger partial charge in [-0.15, -0.1) is 0 Å². The zero-order chi connectivity index (χ0) is 21.1. The second kappa shape index (κ2) is 7.94. The molecule has 2 heterocycles. The predicted octanol–water partition coefficient (Wildman–Crippen LogP) is 2.25. The summed E-state index contributed by atoms with van der Waals surface area (Å²) < 4.78 is 14.6. The molecule has 3 aromatic rings. The second-order valence-electron chi connectivity index (χ2n) is 6.51. The lowest BCUT2D eigenvalue weighted by atomic mass is 10.0. The van der Waals surface area contributed by atoms with Crippen LogP contribution in [0.1, 0.15) is 27.2 Å². The van der Waals surface area contributed by atoms with Gasteiger partial charge in [-0.05, 0) is 31.2 Å². The maximum atomic E-state index is 14.6. The van der Waals surface area contributed by atoms with E-state index < -0.39 is 11.7 Å². The van der Waals surface area contributed by atoms with Gasteiger partial charge in [-0.25, -0.2) is 19.3 Å². The summed E-state index contributed by atoms with van der Waals surface area (Å²) in [5.41, 5.74) is 13.9. The van der Waals surface area contributed by atoms with Crippen molar-refractivity contribution in [3.8, 4) is 23.1 Å². The van der Waals surface area contributed by atoms with Crippen LogP contribution in [0.15, 0.2) is 36.5 Å². The number of nitrogens with zero attached hydrogens (tertiary/aromatic N) is 4. The van der Waals surface area contributed by atoms with Gasteiger partial charge in [0.25, 0.3) is 5.91 Å². The average Bonchev–Trinajstić information content (AvgIpc) is 2.67. The maximum Gasteiger partial charge on any atom is 0.256 e. The summed E-state index contributed by atoms with van der Waals surface area (Å²) in [5.74, 6) is 5.34. The van der Waals surface area contributed by atoms with E-state index in [-0.39, 0.29) is 11.5 Å². The molecule has 4 N–H and O–H groups in total. The molecule has 7 nitrogen and oxygen atoms in total. The Morgan fingerprint density at radius 3 is 2.48 bits per heavy atom. The van der Waals surface area contributed by atoms with E-state index in [0.29, 0.717) is 33.9 Å². The number of anilines is 2. The Labute approximate surface area is 167 Å². The number of halogens is 1. The molecule has 8 heteroatoms. The summed E-state index contributed by atoms with van der Waals surface area (Å²) in [7, 11) is 3.12. The van der Waals surface area contributed by atoms with Crippen molar-refractivity contribution in [2.45, 2.75) is 6.92 Å². The molecule has 2 aromatic heterocycles. The SMILES string of the molecule is Cc1nc(N)nc(-c2ccc(C(=O)N(C)C)c(F)c2)c1C#Cc1ccc(N)nc1. The third-order valence-electron chi connectivity index (χ3n) is 4.10. The number of pyridine rings is 1. The largest absolute Gasteiger partial charge is 0.384 e. The highest BCUT2D eigenvalue weighted by atomic mass is 19.1. The summed E-state index contributed by atoms with van der Waals surface area (Å²) in [4.78, 5) is 25.8. The van der Waals surface area contributed by atoms with Crippen molar-refractivity contribution >= 4 is 17.7 Å². The van der Waals surface area contributed by atoms with Crippen molar-refractivity contribution in [2.75, 3.05) is 25.6 Å². The van der Waals surface area contributed by atoms with Crippen LogP contribution in [0.3, 0.4) is 0 Å². The van der Waals surface area contributed by atoms with Gasteiger partial charge in [-0.1, -0.05) is 17.9 Å². The standard InChI is InChI=1S/C21H19FN6O/c1-12-15(7-4-13-5-9-18(23)25-11-13)19(27-21(24)26-12)14-6-8-16(17(22)10-14)20(29)28(2)3/h5-6,8-11H,1-3H3,(H2,23,25)(H2,24,26,27). The Balaban J connectivity index is 2.10. The molecule has 0 fully saturated rings. The first-order valence-electron chi connectivity index (χ1n) is 8.65. The lowest BCUT2D eigenvalue weighted by Crippen LogP contribution is -2.22. The Hall–Kier alpha value is -3.99. The van der Waals surface area contributed by atoms with E-state index in [4.69, 9.17) is 11.5 Å². The number of benzene rings is 1. The molecule has 3 rings (SSSR count). The zero-order valence-corrected chi connectivity index (χ0v) is 16.2. The van der Waals surface area contributed by atoms with Gasteiger partial charge in [0, 0.05) is 31.4 Å². The number of carbonyl (C=O) groups is 1. The fourth-order valence-electron chi connectivity index (χ4n) is 2.64. The van der Waals surface area contributed by atoms with Crippen LogP contribution in [0.2, 0.25) is 0 Å². The van der Waals surface area contributed by atoms with E-state index >= 15 is 0 Å². The van der Waals surface area contributed by atoms with Gasteiger partial charge in [0.05, 0.1) is 22.5 Å². The van der Waals surface area contributed by atoms with Gasteiger partial charge < -0.3 is 16.4 Å². The van der Waals surface area contributed by atoms with Crippen LogP contribution < -0.4 is 11.5 Å². The fourth-order valence-corrected chi connectivity index (χ4v) is 2.64. The Morgan fingerprint density at radius 1 is 1.10 bits per heavy atom. The molecule has 0 bridgehead atoms. The molecule has 0 saturated carbocycles. The average molecular weight is 390 g/mol. The van der Waals surface area contributed by atoms with Crippen LogP contribution in [0, 0.1) is 24.6 Å². The van der Waals surface area contributed by atoms with Gasteiger partial charge in [-0.3, -0.25) is 4.79 Å². The molecule has 0 saturated heterocycles. The Kier molecular flexibility index (Phi) is 5.41.